The smallest absolute Gasteiger partial charge is 0.406 e. The number of aliphatic hydroxyl groups is 3. The summed E-state index contributed by atoms with van der Waals surface area (Å²) < 4.78 is 29.3. The lowest BCUT2D eigenvalue weighted by Crippen LogP contribution is -2.62. The SMILES string of the molecule is CC(=O)N[C@H]1[C@H]([C@H](O)[C@H](O)CO)OC(C(=O)O)=C[C@@H]1NP(=O)(OC(C)C)OC(C)C. The molecule has 1 rings (SSSR count). The highest BCUT2D eigenvalue weighted by Crippen LogP contribution is 2.47. The van der Waals surface area contributed by atoms with Crippen LogP contribution in [0, 0.1) is 0 Å². The van der Waals surface area contributed by atoms with E-state index in [-0.39, 0.29) is 0 Å². The summed E-state index contributed by atoms with van der Waals surface area (Å²) in [5, 5.41) is 43.8. The Labute approximate surface area is 174 Å². The second-order valence-electron chi connectivity index (χ2n) is 7.35. The number of hydrogen-bond donors (Lipinski definition) is 6. The third kappa shape index (κ3) is 7.62. The van der Waals surface area contributed by atoms with Crippen LogP contribution >= 0.6 is 7.75 Å². The normalized spacial score (nSPS) is 24.2. The van der Waals surface area contributed by atoms with Gasteiger partial charge in [0.2, 0.25) is 11.7 Å². The minimum atomic E-state index is -4.01. The van der Waals surface area contributed by atoms with E-state index in [1.165, 1.54) is 6.92 Å². The molecular weight excluding hydrogens is 423 g/mol. The highest BCUT2D eigenvalue weighted by molar-refractivity contribution is 7.51. The lowest BCUT2D eigenvalue weighted by Gasteiger charge is -2.41. The molecule has 13 heteroatoms. The Kier molecular flexibility index (Phi) is 9.89. The zero-order valence-electron chi connectivity index (χ0n) is 17.5. The predicted octanol–water partition coefficient (Wildman–Crippen LogP) is -0.511. The summed E-state index contributed by atoms with van der Waals surface area (Å²) in [5.41, 5.74) is 0. The number of aliphatic hydroxyl groups excluding tert-OH is 3. The van der Waals surface area contributed by atoms with E-state index in [1.807, 2.05) is 0 Å². The number of carboxylic acids is 1. The van der Waals surface area contributed by atoms with Crippen LogP contribution in [0.2, 0.25) is 0 Å². The summed E-state index contributed by atoms with van der Waals surface area (Å²) in [6.45, 7) is 6.82. The zero-order chi connectivity index (χ0) is 23.2. The number of aliphatic carboxylic acids is 1. The number of nitrogens with one attached hydrogen (secondary N) is 2. The number of amides is 1. The molecule has 1 aliphatic rings. The highest BCUT2D eigenvalue weighted by Gasteiger charge is 2.46. The van der Waals surface area contributed by atoms with E-state index in [0.717, 1.165) is 6.08 Å². The third-order valence-electron chi connectivity index (χ3n) is 3.84. The molecule has 0 spiro atoms. The molecule has 0 saturated carbocycles. The molecule has 1 amide bonds. The summed E-state index contributed by atoms with van der Waals surface area (Å²) in [6.07, 6.45) is -4.97. The van der Waals surface area contributed by atoms with Crippen LogP contribution in [0.25, 0.3) is 0 Å². The number of rotatable bonds is 11. The molecule has 0 saturated heterocycles. The summed E-state index contributed by atoms with van der Waals surface area (Å²) >= 11 is 0. The molecule has 0 radical (unpaired) electrons. The number of carbonyl (C=O) groups excluding carboxylic acids is 1. The van der Waals surface area contributed by atoms with Gasteiger partial charge in [-0.15, -0.1) is 0 Å². The van der Waals surface area contributed by atoms with Gasteiger partial charge < -0.3 is 30.5 Å². The van der Waals surface area contributed by atoms with Crippen molar-refractivity contribution in [3.05, 3.63) is 11.8 Å². The topological polar surface area (TPSA) is 184 Å². The summed E-state index contributed by atoms with van der Waals surface area (Å²) in [4.78, 5) is 23.3. The van der Waals surface area contributed by atoms with Crippen molar-refractivity contribution in [1.29, 1.82) is 0 Å². The first-order valence-corrected chi connectivity index (χ1v) is 10.9. The van der Waals surface area contributed by atoms with Crippen molar-refractivity contribution < 1.29 is 48.4 Å². The van der Waals surface area contributed by atoms with Gasteiger partial charge in [0.25, 0.3) is 0 Å². The number of hydrogen-bond acceptors (Lipinski definition) is 9. The fourth-order valence-corrected chi connectivity index (χ4v) is 4.69. The van der Waals surface area contributed by atoms with E-state index in [9.17, 15) is 29.5 Å². The highest BCUT2D eigenvalue weighted by atomic mass is 31.2. The van der Waals surface area contributed by atoms with Crippen LogP contribution in [0.1, 0.15) is 34.6 Å². The predicted molar refractivity (Wildman–Crippen MR) is 104 cm³/mol. The second kappa shape index (κ2) is 11.2. The molecule has 0 fully saturated rings. The fraction of sp³-hybridized carbons (Fsp3) is 0.765. The van der Waals surface area contributed by atoms with Crippen molar-refractivity contribution in [2.75, 3.05) is 6.61 Å². The van der Waals surface area contributed by atoms with E-state index in [2.05, 4.69) is 10.4 Å². The molecule has 0 bridgehead atoms. The van der Waals surface area contributed by atoms with Crippen molar-refractivity contribution in [3.63, 3.8) is 0 Å². The monoisotopic (exact) mass is 454 g/mol. The Morgan fingerprint density at radius 1 is 1.20 bits per heavy atom. The molecule has 5 atom stereocenters. The average molecular weight is 454 g/mol. The van der Waals surface area contributed by atoms with Crippen LogP contribution in [0.15, 0.2) is 11.8 Å². The molecule has 30 heavy (non-hydrogen) atoms. The first-order valence-electron chi connectivity index (χ1n) is 9.40. The molecule has 174 valence electrons. The Hall–Kier alpha value is -1.53. The summed E-state index contributed by atoms with van der Waals surface area (Å²) in [6, 6.07) is -2.38. The number of carbonyl (C=O) groups is 2. The Morgan fingerprint density at radius 2 is 1.73 bits per heavy atom. The van der Waals surface area contributed by atoms with Gasteiger partial charge in [0.1, 0.15) is 18.3 Å². The van der Waals surface area contributed by atoms with Crippen LogP contribution in [-0.2, 0) is 27.9 Å². The maximum Gasteiger partial charge on any atom is 0.406 e. The quantitative estimate of drug-likeness (QED) is 0.221. The molecule has 0 aliphatic carbocycles. The fourth-order valence-electron chi connectivity index (χ4n) is 2.81. The number of ether oxygens (including phenoxy) is 1. The van der Waals surface area contributed by atoms with Crippen LogP contribution in [0.5, 0.6) is 0 Å². The van der Waals surface area contributed by atoms with Crippen LogP contribution in [0.3, 0.4) is 0 Å². The lowest BCUT2D eigenvalue weighted by molar-refractivity contribution is -0.146. The molecular formula is C17H31N2O10P. The number of carboxylic acid groups (broad SMARTS) is 1. The summed E-state index contributed by atoms with van der Waals surface area (Å²) in [7, 11) is -4.01. The minimum Gasteiger partial charge on any atom is -0.478 e. The van der Waals surface area contributed by atoms with Crippen molar-refractivity contribution in [2.45, 2.75) is 77.2 Å². The Morgan fingerprint density at radius 3 is 2.13 bits per heavy atom. The van der Waals surface area contributed by atoms with Crippen LogP contribution in [0.4, 0.5) is 0 Å². The molecule has 0 aromatic carbocycles. The van der Waals surface area contributed by atoms with Gasteiger partial charge >= 0.3 is 13.7 Å². The van der Waals surface area contributed by atoms with Crippen molar-refractivity contribution in [1.82, 2.24) is 10.4 Å². The van der Waals surface area contributed by atoms with E-state index in [0.29, 0.717) is 0 Å². The van der Waals surface area contributed by atoms with Crippen LogP contribution in [-0.4, -0.2) is 81.5 Å². The Balaban J connectivity index is 3.41. The largest absolute Gasteiger partial charge is 0.478 e. The maximum atomic E-state index is 13.2. The molecule has 0 unspecified atom stereocenters. The molecule has 0 aromatic heterocycles. The Bertz CT molecular complexity index is 669. The third-order valence-corrected chi connectivity index (χ3v) is 5.85. The molecule has 12 nitrogen and oxygen atoms in total. The van der Waals surface area contributed by atoms with Gasteiger partial charge in [0.05, 0.1) is 30.9 Å². The van der Waals surface area contributed by atoms with Gasteiger partial charge in [-0.1, -0.05) is 0 Å². The minimum absolute atomic E-state index is 0.526. The van der Waals surface area contributed by atoms with Gasteiger partial charge in [-0.2, -0.15) is 0 Å². The van der Waals surface area contributed by atoms with E-state index < -0.39 is 74.6 Å². The van der Waals surface area contributed by atoms with Gasteiger partial charge in [0.15, 0.2) is 0 Å². The van der Waals surface area contributed by atoms with Gasteiger partial charge in [0, 0.05) is 6.92 Å². The maximum absolute atomic E-state index is 13.2. The van der Waals surface area contributed by atoms with Gasteiger partial charge in [-0.25, -0.2) is 14.4 Å². The first-order chi connectivity index (χ1) is 13.8. The van der Waals surface area contributed by atoms with E-state index >= 15 is 0 Å². The zero-order valence-corrected chi connectivity index (χ0v) is 18.4. The summed E-state index contributed by atoms with van der Waals surface area (Å²) in [5.74, 6) is -2.69. The molecule has 0 aromatic rings. The second-order valence-corrected chi connectivity index (χ2v) is 9.02. The molecule has 1 heterocycles. The molecule has 6 N–H and O–H groups in total. The first kappa shape index (κ1) is 26.5. The lowest BCUT2D eigenvalue weighted by atomic mass is 9.92. The van der Waals surface area contributed by atoms with Crippen molar-refractivity contribution in [3.8, 4) is 0 Å². The standard InChI is InChI=1S/C17H31N2O10P/c1-8(2)28-30(26,29-9(3)4)19-11-6-13(17(24)25)27-16(14(11)18-10(5)21)15(23)12(22)7-20/h6,8-9,11-12,14-16,20,22-23H,7H2,1-5H3,(H,18,21)(H,19,26)(H,24,25)/t11-,12+,14+,15+,16+/m0/s1. The van der Waals surface area contributed by atoms with Gasteiger partial charge in [-0.05, 0) is 33.8 Å². The van der Waals surface area contributed by atoms with Crippen molar-refractivity contribution in [2.24, 2.45) is 0 Å². The van der Waals surface area contributed by atoms with Crippen LogP contribution < -0.4 is 10.4 Å². The van der Waals surface area contributed by atoms with E-state index in [4.69, 9.17) is 18.9 Å². The molecule has 1 aliphatic heterocycles. The van der Waals surface area contributed by atoms with Gasteiger partial charge in [-0.3, -0.25) is 13.8 Å². The average Bonchev–Trinajstić information content (AvgIpc) is 2.59. The van der Waals surface area contributed by atoms with Crippen molar-refractivity contribution >= 4 is 19.6 Å². The van der Waals surface area contributed by atoms with E-state index in [1.54, 1.807) is 27.7 Å².